The van der Waals surface area contributed by atoms with Crippen LogP contribution in [0.15, 0.2) is 77.0 Å². The molecule has 0 unspecified atom stereocenters. The first-order valence-electron chi connectivity index (χ1n) is 8.05. The first-order valence-corrected chi connectivity index (χ1v) is 10.4. The Morgan fingerprint density at radius 2 is 1.69 bits per heavy atom. The Morgan fingerprint density at radius 1 is 1.00 bits per heavy atom. The van der Waals surface area contributed by atoms with E-state index in [1.807, 2.05) is 6.07 Å². The first kappa shape index (κ1) is 18.2. The number of rotatable bonds is 6. The van der Waals surface area contributed by atoms with Crippen LogP contribution in [-0.2, 0) is 10.0 Å². The van der Waals surface area contributed by atoms with E-state index < -0.39 is 10.0 Å². The Kier molecular flexibility index (Phi) is 5.39. The molecule has 0 aliphatic carbocycles. The van der Waals surface area contributed by atoms with E-state index in [-0.39, 0.29) is 23.0 Å². The zero-order chi connectivity index (χ0) is 18.6. The number of amides is 1. The lowest BCUT2D eigenvalue weighted by molar-refractivity contribution is 0.103. The second kappa shape index (κ2) is 7.72. The topological polar surface area (TPSA) is 66.5 Å². The molecular formula is C19H18N2O3S2. The van der Waals surface area contributed by atoms with Crippen molar-refractivity contribution < 1.29 is 13.2 Å². The van der Waals surface area contributed by atoms with Crippen molar-refractivity contribution in [2.24, 2.45) is 0 Å². The van der Waals surface area contributed by atoms with Crippen molar-refractivity contribution in [3.05, 3.63) is 77.0 Å². The summed E-state index contributed by atoms with van der Waals surface area (Å²) in [6, 6.07) is 18.8. The fourth-order valence-corrected chi connectivity index (χ4v) is 4.83. The van der Waals surface area contributed by atoms with Gasteiger partial charge in [0.25, 0.3) is 15.9 Å². The zero-order valence-corrected chi connectivity index (χ0v) is 15.8. The molecule has 1 aromatic heterocycles. The standard InChI is InChI=1S/C19H18N2O3S2/c1-2-21(15-9-4-3-5-10-15)26(23,24)18-13-7-6-11-16(18)20-19(22)17-12-8-14-25-17/h3-14H,2H2,1H3,(H,20,22). The normalized spacial score (nSPS) is 11.1. The van der Waals surface area contributed by atoms with Gasteiger partial charge in [0.05, 0.1) is 16.3 Å². The lowest BCUT2D eigenvalue weighted by Gasteiger charge is -2.24. The molecule has 0 bridgehead atoms. The molecule has 0 saturated carbocycles. The summed E-state index contributed by atoms with van der Waals surface area (Å²) in [5, 5.41) is 4.51. The Hall–Kier alpha value is -2.64. The molecule has 3 aromatic rings. The van der Waals surface area contributed by atoms with Crippen LogP contribution in [0, 0.1) is 0 Å². The average Bonchev–Trinajstić information content (AvgIpc) is 3.18. The molecule has 0 saturated heterocycles. The summed E-state index contributed by atoms with van der Waals surface area (Å²) in [5.74, 6) is -0.328. The highest BCUT2D eigenvalue weighted by Crippen LogP contribution is 2.28. The van der Waals surface area contributed by atoms with Crippen LogP contribution in [0.3, 0.4) is 0 Å². The predicted molar refractivity (Wildman–Crippen MR) is 105 cm³/mol. The average molecular weight is 386 g/mol. The fraction of sp³-hybridized carbons (Fsp3) is 0.105. The van der Waals surface area contributed by atoms with Gasteiger partial charge in [0.2, 0.25) is 0 Å². The molecule has 3 rings (SSSR count). The zero-order valence-electron chi connectivity index (χ0n) is 14.1. The number of thiophene rings is 1. The third-order valence-electron chi connectivity index (χ3n) is 3.78. The summed E-state index contributed by atoms with van der Waals surface area (Å²) in [4.78, 5) is 12.9. The molecule has 0 radical (unpaired) electrons. The highest BCUT2D eigenvalue weighted by molar-refractivity contribution is 7.93. The van der Waals surface area contributed by atoms with Crippen LogP contribution in [0.25, 0.3) is 0 Å². The first-order chi connectivity index (χ1) is 12.5. The van der Waals surface area contributed by atoms with Gasteiger partial charge in [-0.05, 0) is 42.6 Å². The Balaban J connectivity index is 1.99. The lowest BCUT2D eigenvalue weighted by Crippen LogP contribution is -2.31. The van der Waals surface area contributed by atoms with Gasteiger partial charge in [-0.3, -0.25) is 9.10 Å². The smallest absolute Gasteiger partial charge is 0.266 e. The molecule has 7 heteroatoms. The van der Waals surface area contributed by atoms with Crippen molar-refractivity contribution >= 4 is 38.6 Å². The second-order valence-corrected chi connectivity index (χ2v) is 8.21. The molecule has 1 amide bonds. The third kappa shape index (κ3) is 3.63. The molecule has 1 heterocycles. The monoisotopic (exact) mass is 386 g/mol. The van der Waals surface area contributed by atoms with Crippen LogP contribution in [0.1, 0.15) is 16.6 Å². The Bertz CT molecular complexity index is 985. The second-order valence-electron chi connectivity index (χ2n) is 5.43. The number of benzene rings is 2. The molecule has 26 heavy (non-hydrogen) atoms. The van der Waals surface area contributed by atoms with E-state index in [0.717, 1.165) is 0 Å². The van der Waals surface area contributed by atoms with Gasteiger partial charge in [0.1, 0.15) is 4.90 Å². The number of sulfonamides is 1. The summed E-state index contributed by atoms with van der Waals surface area (Å²) in [6.07, 6.45) is 0. The molecule has 2 aromatic carbocycles. The minimum atomic E-state index is -3.83. The van der Waals surface area contributed by atoms with Crippen LogP contribution in [-0.4, -0.2) is 20.9 Å². The van der Waals surface area contributed by atoms with Crippen molar-refractivity contribution in [2.45, 2.75) is 11.8 Å². The number of carbonyl (C=O) groups excluding carboxylic acids is 1. The van der Waals surface area contributed by atoms with Crippen molar-refractivity contribution in [2.75, 3.05) is 16.2 Å². The molecule has 0 spiro atoms. The molecule has 0 atom stereocenters. The maximum Gasteiger partial charge on any atom is 0.266 e. The van der Waals surface area contributed by atoms with Crippen molar-refractivity contribution in [3.8, 4) is 0 Å². The molecular weight excluding hydrogens is 368 g/mol. The van der Waals surface area contributed by atoms with Gasteiger partial charge in [0.15, 0.2) is 0 Å². The lowest BCUT2D eigenvalue weighted by atomic mass is 10.3. The van der Waals surface area contributed by atoms with Crippen molar-refractivity contribution in [1.82, 2.24) is 0 Å². The van der Waals surface area contributed by atoms with E-state index in [1.165, 1.54) is 21.7 Å². The van der Waals surface area contributed by atoms with Crippen LogP contribution in [0.5, 0.6) is 0 Å². The van der Waals surface area contributed by atoms with Crippen LogP contribution >= 0.6 is 11.3 Å². The summed E-state index contributed by atoms with van der Waals surface area (Å²) in [5.41, 5.74) is 0.842. The SMILES string of the molecule is CCN(c1ccccc1)S(=O)(=O)c1ccccc1NC(=O)c1cccs1. The van der Waals surface area contributed by atoms with E-state index in [2.05, 4.69) is 5.32 Å². The van der Waals surface area contributed by atoms with E-state index in [4.69, 9.17) is 0 Å². The summed E-state index contributed by atoms with van der Waals surface area (Å²) < 4.78 is 27.8. The quantitative estimate of drug-likeness (QED) is 0.690. The predicted octanol–water partition coefficient (Wildman–Crippen LogP) is 4.22. The number of nitrogens with zero attached hydrogens (tertiary/aromatic N) is 1. The summed E-state index contributed by atoms with van der Waals surface area (Å²) in [7, 11) is -3.83. The summed E-state index contributed by atoms with van der Waals surface area (Å²) in [6.45, 7) is 2.05. The fourth-order valence-electron chi connectivity index (χ4n) is 2.59. The number of anilines is 2. The maximum atomic E-state index is 13.2. The number of hydrogen-bond donors (Lipinski definition) is 1. The van der Waals surface area contributed by atoms with E-state index >= 15 is 0 Å². The van der Waals surface area contributed by atoms with Crippen LogP contribution in [0.2, 0.25) is 0 Å². The number of nitrogens with one attached hydrogen (secondary N) is 1. The van der Waals surface area contributed by atoms with Gasteiger partial charge in [-0.1, -0.05) is 36.4 Å². The largest absolute Gasteiger partial charge is 0.320 e. The Morgan fingerprint density at radius 3 is 2.35 bits per heavy atom. The molecule has 0 aliphatic heterocycles. The van der Waals surface area contributed by atoms with Gasteiger partial charge in [-0.25, -0.2) is 8.42 Å². The minimum Gasteiger partial charge on any atom is -0.320 e. The van der Waals surface area contributed by atoms with Crippen molar-refractivity contribution in [3.63, 3.8) is 0 Å². The van der Waals surface area contributed by atoms with Gasteiger partial charge in [-0.15, -0.1) is 11.3 Å². The van der Waals surface area contributed by atoms with E-state index in [0.29, 0.717) is 10.6 Å². The van der Waals surface area contributed by atoms with Crippen LogP contribution in [0.4, 0.5) is 11.4 Å². The van der Waals surface area contributed by atoms with Gasteiger partial charge in [-0.2, -0.15) is 0 Å². The molecule has 134 valence electrons. The third-order valence-corrected chi connectivity index (χ3v) is 6.61. The maximum absolute atomic E-state index is 13.2. The molecule has 0 aliphatic rings. The van der Waals surface area contributed by atoms with Gasteiger partial charge in [0, 0.05) is 6.54 Å². The number of hydrogen-bond acceptors (Lipinski definition) is 4. The van der Waals surface area contributed by atoms with E-state index in [9.17, 15) is 13.2 Å². The Labute approximate surface area is 157 Å². The number of carbonyl (C=O) groups is 1. The molecule has 0 fully saturated rings. The summed E-state index contributed by atoms with van der Waals surface area (Å²) >= 11 is 1.30. The molecule has 5 nitrogen and oxygen atoms in total. The van der Waals surface area contributed by atoms with Gasteiger partial charge < -0.3 is 5.32 Å². The minimum absolute atomic E-state index is 0.0654. The van der Waals surface area contributed by atoms with Crippen molar-refractivity contribution in [1.29, 1.82) is 0 Å². The highest BCUT2D eigenvalue weighted by atomic mass is 32.2. The highest BCUT2D eigenvalue weighted by Gasteiger charge is 2.26. The van der Waals surface area contributed by atoms with E-state index in [1.54, 1.807) is 66.9 Å². The van der Waals surface area contributed by atoms with Gasteiger partial charge >= 0.3 is 0 Å². The number of para-hydroxylation sites is 2. The van der Waals surface area contributed by atoms with Crippen LogP contribution < -0.4 is 9.62 Å². The molecule has 1 N–H and O–H groups in total.